The minimum Gasteiger partial charge on any atom is -0.507 e. The Morgan fingerprint density at radius 2 is 1.88 bits per heavy atom. The number of carbonyl (C=O) groups excluding carboxylic acids is 2. The van der Waals surface area contributed by atoms with Crippen molar-refractivity contribution in [3.63, 3.8) is 0 Å². The van der Waals surface area contributed by atoms with Gasteiger partial charge in [-0.25, -0.2) is 9.80 Å². The number of carbonyl (C=O) groups is 2. The molecule has 1 amide bonds. The zero-order chi connectivity index (χ0) is 23.4. The van der Waals surface area contributed by atoms with E-state index in [0.29, 0.717) is 17.9 Å². The molecule has 1 aromatic heterocycles. The summed E-state index contributed by atoms with van der Waals surface area (Å²) in [5, 5.41) is 17.7. The first-order valence-corrected chi connectivity index (χ1v) is 11.0. The molecular weight excluding hydrogens is 444 g/mol. The number of amides is 1. The van der Waals surface area contributed by atoms with Gasteiger partial charge in [-0.15, -0.1) is 11.3 Å². The van der Waals surface area contributed by atoms with Crippen LogP contribution in [-0.4, -0.2) is 48.5 Å². The Balaban J connectivity index is 1.57. The third-order valence-electron chi connectivity index (χ3n) is 5.21. The van der Waals surface area contributed by atoms with E-state index in [1.165, 1.54) is 28.5 Å². The number of para-hydroxylation sites is 1. The third-order valence-corrected chi connectivity index (χ3v) is 6.13. The number of methoxy groups -OCH3 is 2. The second kappa shape index (κ2) is 9.74. The van der Waals surface area contributed by atoms with Crippen LogP contribution in [0, 0.1) is 0 Å². The summed E-state index contributed by atoms with van der Waals surface area (Å²) in [7, 11) is 3.10. The van der Waals surface area contributed by atoms with E-state index in [0.717, 1.165) is 16.2 Å². The van der Waals surface area contributed by atoms with Crippen molar-refractivity contribution in [3.05, 3.63) is 76.0 Å². The zero-order valence-corrected chi connectivity index (χ0v) is 18.9. The summed E-state index contributed by atoms with van der Waals surface area (Å²) in [4.78, 5) is 26.4. The minimum atomic E-state index is -0.786. The van der Waals surface area contributed by atoms with Crippen LogP contribution in [0.25, 0.3) is 0 Å². The second-order valence-electron chi connectivity index (χ2n) is 7.19. The Morgan fingerprint density at radius 3 is 2.58 bits per heavy atom. The standard InChI is InChI=1S/C24H22N2O6S/c1-30-20-10-9-15(12-21(20)31-2)18-13-17(22-8-5-11-33-22)25-26(18)23(28)14-32-24(29)16-6-3-4-7-19(16)27/h3-12,18,27H,13-14H2,1-2H3/t18-/m0/s1. The highest BCUT2D eigenvalue weighted by atomic mass is 32.1. The molecule has 0 unspecified atom stereocenters. The first-order chi connectivity index (χ1) is 16.0. The predicted molar refractivity (Wildman–Crippen MR) is 123 cm³/mol. The van der Waals surface area contributed by atoms with Crippen molar-refractivity contribution in [2.24, 2.45) is 5.10 Å². The van der Waals surface area contributed by atoms with Gasteiger partial charge in [-0.05, 0) is 41.3 Å². The number of hydrogen-bond acceptors (Lipinski definition) is 8. The summed E-state index contributed by atoms with van der Waals surface area (Å²) in [5.41, 5.74) is 1.57. The van der Waals surface area contributed by atoms with Crippen LogP contribution < -0.4 is 9.47 Å². The predicted octanol–water partition coefficient (Wildman–Crippen LogP) is 4.01. The number of thiophene rings is 1. The van der Waals surface area contributed by atoms with Crippen LogP contribution in [0.15, 0.2) is 65.1 Å². The van der Waals surface area contributed by atoms with Crippen molar-refractivity contribution in [2.75, 3.05) is 20.8 Å². The number of hydrogen-bond donors (Lipinski definition) is 1. The number of hydrazone groups is 1. The molecular formula is C24H22N2O6S. The summed E-state index contributed by atoms with van der Waals surface area (Å²) >= 11 is 1.54. The number of phenols is 1. The smallest absolute Gasteiger partial charge is 0.342 e. The van der Waals surface area contributed by atoms with Gasteiger partial charge in [0.05, 0.1) is 30.9 Å². The number of benzene rings is 2. The van der Waals surface area contributed by atoms with Crippen LogP contribution in [0.1, 0.15) is 33.3 Å². The van der Waals surface area contributed by atoms with Gasteiger partial charge in [0.25, 0.3) is 5.91 Å². The molecule has 0 saturated carbocycles. The summed E-state index contributed by atoms with van der Waals surface area (Å²) in [5.74, 6) is -0.362. The quantitative estimate of drug-likeness (QED) is 0.529. The van der Waals surface area contributed by atoms with Crippen LogP contribution in [0.4, 0.5) is 0 Å². The SMILES string of the molecule is COc1ccc([C@@H]2CC(c3cccs3)=NN2C(=O)COC(=O)c2ccccc2O)cc1OC. The molecule has 170 valence electrons. The van der Waals surface area contributed by atoms with Gasteiger partial charge in [-0.3, -0.25) is 4.79 Å². The maximum atomic E-state index is 13.1. The molecule has 9 heteroatoms. The van der Waals surface area contributed by atoms with Gasteiger partial charge in [-0.2, -0.15) is 5.10 Å². The fourth-order valence-electron chi connectivity index (χ4n) is 3.57. The van der Waals surface area contributed by atoms with Gasteiger partial charge in [0, 0.05) is 6.42 Å². The van der Waals surface area contributed by atoms with Crippen LogP contribution in [0.5, 0.6) is 17.2 Å². The highest BCUT2D eigenvalue weighted by molar-refractivity contribution is 7.12. The molecule has 0 fully saturated rings. The topological polar surface area (TPSA) is 97.7 Å². The van der Waals surface area contributed by atoms with E-state index in [1.54, 1.807) is 32.4 Å². The van der Waals surface area contributed by atoms with Crippen molar-refractivity contribution in [1.82, 2.24) is 5.01 Å². The Morgan fingerprint density at radius 1 is 1.09 bits per heavy atom. The zero-order valence-electron chi connectivity index (χ0n) is 18.1. The summed E-state index contributed by atoms with van der Waals surface area (Å²) in [6, 6.07) is 14.9. The van der Waals surface area contributed by atoms with E-state index < -0.39 is 24.5 Å². The molecule has 1 atom stereocenters. The van der Waals surface area contributed by atoms with Gasteiger partial charge < -0.3 is 19.3 Å². The Bertz CT molecular complexity index is 1190. The van der Waals surface area contributed by atoms with Crippen molar-refractivity contribution in [3.8, 4) is 17.2 Å². The van der Waals surface area contributed by atoms with Gasteiger partial charge in [0.15, 0.2) is 18.1 Å². The Labute approximate surface area is 194 Å². The van der Waals surface area contributed by atoms with E-state index in [9.17, 15) is 14.7 Å². The van der Waals surface area contributed by atoms with E-state index in [4.69, 9.17) is 14.2 Å². The highest BCUT2D eigenvalue weighted by Crippen LogP contribution is 2.38. The maximum Gasteiger partial charge on any atom is 0.342 e. The third kappa shape index (κ3) is 4.68. The lowest BCUT2D eigenvalue weighted by atomic mass is 10.0. The molecule has 0 bridgehead atoms. The molecule has 4 rings (SSSR count). The first-order valence-electron chi connectivity index (χ1n) is 10.1. The van der Waals surface area contributed by atoms with Gasteiger partial charge in [-0.1, -0.05) is 24.3 Å². The Hall–Kier alpha value is -3.85. The summed E-state index contributed by atoms with van der Waals surface area (Å²) in [6.07, 6.45) is 0.495. The molecule has 3 aromatic rings. The minimum absolute atomic E-state index is 0.00839. The van der Waals surface area contributed by atoms with E-state index >= 15 is 0 Å². The number of rotatable bonds is 7. The van der Waals surface area contributed by atoms with Crippen molar-refractivity contribution < 1.29 is 28.9 Å². The normalized spacial score (nSPS) is 15.2. The average Bonchev–Trinajstić information content (AvgIpc) is 3.52. The lowest BCUT2D eigenvalue weighted by Crippen LogP contribution is -2.31. The number of nitrogens with zero attached hydrogens (tertiary/aromatic N) is 2. The average molecular weight is 467 g/mol. The molecule has 1 aliphatic heterocycles. The molecule has 2 aromatic carbocycles. The molecule has 1 aliphatic rings. The first kappa shape index (κ1) is 22.3. The lowest BCUT2D eigenvalue weighted by Gasteiger charge is -2.22. The molecule has 1 N–H and O–H groups in total. The fourth-order valence-corrected chi connectivity index (χ4v) is 4.29. The number of aromatic hydroxyl groups is 1. The van der Waals surface area contributed by atoms with Gasteiger partial charge in [0.2, 0.25) is 0 Å². The van der Waals surface area contributed by atoms with E-state index in [-0.39, 0.29) is 11.3 Å². The molecule has 8 nitrogen and oxygen atoms in total. The van der Waals surface area contributed by atoms with Gasteiger partial charge in [0.1, 0.15) is 11.3 Å². The van der Waals surface area contributed by atoms with Crippen molar-refractivity contribution >= 4 is 28.9 Å². The Kier molecular flexibility index (Phi) is 6.60. The molecule has 0 saturated heterocycles. The number of phenolic OH excluding ortho intramolecular Hbond substituents is 1. The highest BCUT2D eigenvalue weighted by Gasteiger charge is 2.34. The number of ether oxygens (including phenoxy) is 3. The van der Waals surface area contributed by atoms with E-state index in [2.05, 4.69) is 5.10 Å². The van der Waals surface area contributed by atoms with Crippen molar-refractivity contribution in [2.45, 2.75) is 12.5 Å². The molecule has 33 heavy (non-hydrogen) atoms. The van der Waals surface area contributed by atoms with Crippen LogP contribution in [0.3, 0.4) is 0 Å². The monoisotopic (exact) mass is 466 g/mol. The summed E-state index contributed by atoms with van der Waals surface area (Å²) in [6.45, 7) is -0.516. The second-order valence-corrected chi connectivity index (χ2v) is 8.14. The summed E-state index contributed by atoms with van der Waals surface area (Å²) < 4.78 is 15.9. The maximum absolute atomic E-state index is 13.1. The molecule has 0 spiro atoms. The molecule has 0 aliphatic carbocycles. The molecule has 0 radical (unpaired) electrons. The van der Waals surface area contributed by atoms with Gasteiger partial charge >= 0.3 is 5.97 Å². The molecule has 2 heterocycles. The number of esters is 1. The fraction of sp³-hybridized carbons (Fsp3) is 0.208. The lowest BCUT2D eigenvalue weighted by molar-refractivity contribution is -0.136. The van der Waals surface area contributed by atoms with Crippen LogP contribution in [-0.2, 0) is 9.53 Å². The largest absolute Gasteiger partial charge is 0.507 e. The van der Waals surface area contributed by atoms with Crippen molar-refractivity contribution in [1.29, 1.82) is 0 Å². The van der Waals surface area contributed by atoms with Crippen LogP contribution in [0.2, 0.25) is 0 Å². The van der Waals surface area contributed by atoms with E-state index in [1.807, 2.05) is 29.6 Å². The van der Waals surface area contributed by atoms with Crippen LogP contribution >= 0.6 is 11.3 Å².